The summed E-state index contributed by atoms with van der Waals surface area (Å²) < 4.78 is 35.7. The summed E-state index contributed by atoms with van der Waals surface area (Å²) in [6.07, 6.45) is 5.36. The van der Waals surface area contributed by atoms with Crippen LogP contribution >= 0.6 is 0 Å². The quantitative estimate of drug-likeness (QED) is 0.770. The van der Waals surface area contributed by atoms with Crippen LogP contribution in [0.2, 0.25) is 0 Å². The van der Waals surface area contributed by atoms with E-state index < -0.39 is 10.2 Å². The van der Waals surface area contributed by atoms with E-state index >= 15 is 0 Å². The lowest BCUT2D eigenvalue weighted by atomic mass is 9.96. The van der Waals surface area contributed by atoms with Gasteiger partial charge in [0.05, 0.1) is 13.2 Å². The summed E-state index contributed by atoms with van der Waals surface area (Å²) in [6.45, 7) is 5.47. The first-order chi connectivity index (χ1) is 13.0. The van der Waals surface area contributed by atoms with Crippen LogP contribution in [-0.4, -0.2) is 63.6 Å². The van der Waals surface area contributed by atoms with Gasteiger partial charge in [-0.15, -0.1) is 0 Å². The fourth-order valence-electron chi connectivity index (χ4n) is 4.15. The van der Waals surface area contributed by atoms with Gasteiger partial charge in [0.15, 0.2) is 0 Å². The Hall–Kier alpha value is -0.990. The standard InChI is InChI=1S/C20H33N3O3S/c1-17-7-6-8-18(15-17)20(23-11-13-26-14-12-23)16-21-27(24,25)22(2)19-9-4-3-5-10-19/h6-8,15,19-21H,3-5,9-14,16H2,1-2H3. The van der Waals surface area contributed by atoms with E-state index in [0.29, 0.717) is 19.8 Å². The second-order valence-corrected chi connectivity index (χ2v) is 9.55. The number of ether oxygens (including phenoxy) is 1. The van der Waals surface area contributed by atoms with E-state index in [-0.39, 0.29) is 12.1 Å². The van der Waals surface area contributed by atoms with E-state index in [9.17, 15) is 8.42 Å². The highest BCUT2D eigenvalue weighted by atomic mass is 32.2. The van der Waals surface area contributed by atoms with Crippen LogP contribution in [-0.2, 0) is 14.9 Å². The molecule has 1 unspecified atom stereocenters. The second-order valence-electron chi connectivity index (χ2n) is 7.74. The summed E-state index contributed by atoms with van der Waals surface area (Å²) in [5.74, 6) is 0. The molecule has 0 spiro atoms. The molecule has 3 rings (SSSR count). The van der Waals surface area contributed by atoms with Crippen molar-refractivity contribution in [2.24, 2.45) is 0 Å². The zero-order valence-electron chi connectivity index (χ0n) is 16.6. The number of aryl methyl sites for hydroxylation is 1. The average molecular weight is 396 g/mol. The lowest BCUT2D eigenvalue weighted by Crippen LogP contribution is -2.48. The van der Waals surface area contributed by atoms with E-state index in [2.05, 4.69) is 34.7 Å². The van der Waals surface area contributed by atoms with Crippen LogP contribution in [0, 0.1) is 6.92 Å². The third-order valence-electron chi connectivity index (χ3n) is 5.84. The Balaban J connectivity index is 1.71. The Bertz CT molecular complexity index is 698. The molecule has 1 atom stereocenters. The van der Waals surface area contributed by atoms with Crippen molar-refractivity contribution in [1.29, 1.82) is 0 Å². The molecule has 1 heterocycles. The lowest BCUT2D eigenvalue weighted by Gasteiger charge is -2.36. The first kappa shape index (κ1) is 20.7. The number of nitrogens with zero attached hydrogens (tertiary/aromatic N) is 2. The molecule has 2 fully saturated rings. The van der Waals surface area contributed by atoms with Gasteiger partial charge in [0.25, 0.3) is 10.2 Å². The Morgan fingerprint density at radius 2 is 1.93 bits per heavy atom. The Labute approximate surface area is 164 Å². The number of hydrogen-bond acceptors (Lipinski definition) is 4. The normalized spacial score (nSPS) is 21.4. The summed E-state index contributed by atoms with van der Waals surface area (Å²) in [7, 11) is -1.77. The highest BCUT2D eigenvalue weighted by Gasteiger charge is 2.30. The van der Waals surface area contributed by atoms with Crippen LogP contribution in [0.25, 0.3) is 0 Å². The maximum Gasteiger partial charge on any atom is 0.279 e. The smallest absolute Gasteiger partial charge is 0.279 e. The maximum atomic E-state index is 12.9. The maximum absolute atomic E-state index is 12.9. The van der Waals surface area contributed by atoms with Gasteiger partial charge >= 0.3 is 0 Å². The zero-order valence-corrected chi connectivity index (χ0v) is 17.4. The van der Waals surface area contributed by atoms with Crippen molar-refractivity contribution in [3.8, 4) is 0 Å². The molecule has 1 aromatic rings. The largest absolute Gasteiger partial charge is 0.379 e. The number of rotatable bonds is 7. The molecule has 1 aromatic carbocycles. The second kappa shape index (κ2) is 9.47. The molecule has 152 valence electrons. The van der Waals surface area contributed by atoms with Gasteiger partial charge in [0.2, 0.25) is 0 Å². The number of nitrogens with one attached hydrogen (secondary N) is 1. The minimum absolute atomic E-state index is 0.0170. The molecule has 2 aliphatic rings. The van der Waals surface area contributed by atoms with Gasteiger partial charge in [-0.2, -0.15) is 12.7 Å². The molecule has 6 nitrogen and oxygen atoms in total. The van der Waals surface area contributed by atoms with Gasteiger partial charge in [-0.25, -0.2) is 4.72 Å². The first-order valence-electron chi connectivity index (χ1n) is 10.1. The van der Waals surface area contributed by atoms with E-state index in [1.807, 2.05) is 6.07 Å². The predicted octanol–water partition coefficient (Wildman–Crippen LogP) is 2.47. The molecular weight excluding hydrogens is 362 g/mol. The van der Waals surface area contributed by atoms with Crippen molar-refractivity contribution in [3.05, 3.63) is 35.4 Å². The van der Waals surface area contributed by atoms with Gasteiger partial charge in [-0.05, 0) is 25.3 Å². The van der Waals surface area contributed by atoms with Crippen molar-refractivity contribution in [1.82, 2.24) is 13.9 Å². The Kier molecular flexibility index (Phi) is 7.28. The molecular formula is C20H33N3O3S. The number of morpholine rings is 1. The lowest BCUT2D eigenvalue weighted by molar-refractivity contribution is 0.0171. The van der Waals surface area contributed by atoms with Crippen molar-refractivity contribution in [3.63, 3.8) is 0 Å². The van der Waals surface area contributed by atoms with Crippen LogP contribution in [0.5, 0.6) is 0 Å². The predicted molar refractivity (Wildman–Crippen MR) is 108 cm³/mol. The highest BCUT2D eigenvalue weighted by molar-refractivity contribution is 7.87. The molecule has 0 aromatic heterocycles. The molecule has 0 amide bonds. The SMILES string of the molecule is Cc1cccc(C(CNS(=O)(=O)N(C)C2CCCCC2)N2CCOCC2)c1. The van der Waals surface area contributed by atoms with Gasteiger partial charge in [-0.3, -0.25) is 4.90 Å². The third-order valence-corrected chi connectivity index (χ3v) is 7.43. The molecule has 1 saturated heterocycles. The fraction of sp³-hybridized carbons (Fsp3) is 0.700. The molecule has 1 N–H and O–H groups in total. The summed E-state index contributed by atoms with van der Waals surface area (Å²) >= 11 is 0. The van der Waals surface area contributed by atoms with Crippen LogP contribution in [0.1, 0.15) is 49.3 Å². The minimum Gasteiger partial charge on any atom is -0.379 e. The molecule has 0 radical (unpaired) electrons. The monoisotopic (exact) mass is 395 g/mol. The van der Waals surface area contributed by atoms with E-state index in [1.54, 1.807) is 11.4 Å². The Morgan fingerprint density at radius 1 is 1.22 bits per heavy atom. The molecule has 1 aliphatic heterocycles. The summed E-state index contributed by atoms with van der Waals surface area (Å²) in [5, 5.41) is 0. The average Bonchev–Trinajstić information content (AvgIpc) is 2.69. The van der Waals surface area contributed by atoms with E-state index in [4.69, 9.17) is 4.74 Å². The van der Waals surface area contributed by atoms with Gasteiger partial charge in [-0.1, -0.05) is 49.1 Å². The van der Waals surface area contributed by atoms with Crippen LogP contribution < -0.4 is 4.72 Å². The minimum atomic E-state index is -3.49. The topological polar surface area (TPSA) is 61.9 Å². The van der Waals surface area contributed by atoms with E-state index in [0.717, 1.165) is 44.3 Å². The Morgan fingerprint density at radius 3 is 2.59 bits per heavy atom. The summed E-state index contributed by atoms with van der Waals surface area (Å²) in [6, 6.07) is 8.49. The van der Waals surface area contributed by atoms with Crippen molar-refractivity contribution >= 4 is 10.2 Å². The first-order valence-corrected chi connectivity index (χ1v) is 11.5. The van der Waals surface area contributed by atoms with E-state index in [1.165, 1.54) is 12.0 Å². The van der Waals surface area contributed by atoms with Crippen molar-refractivity contribution < 1.29 is 13.2 Å². The van der Waals surface area contributed by atoms with Gasteiger partial charge in [0, 0.05) is 38.8 Å². The molecule has 1 saturated carbocycles. The number of benzene rings is 1. The zero-order chi connectivity index (χ0) is 19.3. The van der Waals surface area contributed by atoms with Gasteiger partial charge in [0.1, 0.15) is 0 Å². The van der Waals surface area contributed by atoms with Crippen LogP contribution in [0.4, 0.5) is 0 Å². The van der Waals surface area contributed by atoms with Crippen molar-refractivity contribution in [2.75, 3.05) is 39.9 Å². The molecule has 0 bridgehead atoms. The van der Waals surface area contributed by atoms with Crippen LogP contribution in [0.15, 0.2) is 24.3 Å². The van der Waals surface area contributed by atoms with Crippen molar-refractivity contribution in [2.45, 2.75) is 51.1 Å². The third kappa shape index (κ3) is 5.51. The number of hydrogen-bond donors (Lipinski definition) is 1. The molecule has 7 heteroatoms. The highest BCUT2D eigenvalue weighted by Crippen LogP contribution is 2.25. The molecule has 27 heavy (non-hydrogen) atoms. The summed E-state index contributed by atoms with van der Waals surface area (Å²) in [4.78, 5) is 2.32. The van der Waals surface area contributed by atoms with Gasteiger partial charge < -0.3 is 4.74 Å². The van der Waals surface area contributed by atoms with Crippen LogP contribution in [0.3, 0.4) is 0 Å². The fourth-order valence-corrected chi connectivity index (χ4v) is 5.33. The summed E-state index contributed by atoms with van der Waals surface area (Å²) in [5.41, 5.74) is 2.34. The molecule has 1 aliphatic carbocycles.